The normalized spacial score (nSPS) is 15.5. The molecule has 0 atom stereocenters. The van der Waals surface area contributed by atoms with E-state index in [-0.39, 0.29) is 12.5 Å². The summed E-state index contributed by atoms with van der Waals surface area (Å²) < 4.78 is 5.41. The van der Waals surface area contributed by atoms with E-state index in [4.69, 9.17) is 4.74 Å². The molecule has 134 valence electrons. The minimum Gasteiger partial charge on any atom is -0.443 e. The number of hydrogen-bond acceptors (Lipinski definition) is 3. The number of nitrogens with one attached hydrogen (secondary N) is 1. The molecule has 1 aliphatic heterocycles. The molecule has 1 heterocycles. The molecule has 0 aromatic heterocycles. The Balaban J connectivity index is 2.08. The average Bonchev–Trinajstić information content (AvgIpc) is 2.52. The standard InChI is InChI=1S/C19H25N3O3/c1-14-16(10-11-20-12-15-8-6-5-7-9-15)22(13-17(23)21-14)18(24)25-19(2,3)4/h5-11,20H,12-13H2,1-4H3,(H,21,23)/p+1/b11-10-. The van der Waals surface area contributed by atoms with Crippen molar-refractivity contribution in [3.63, 3.8) is 0 Å². The van der Waals surface area contributed by atoms with Gasteiger partial charge in [-0.2, -0.15) is 0 Å². The zero-order chi connectivity index (χ0) is 18.4. The highest BCUT2D eigenvalue weighted by molar-refractivity contribution is 5.87. The molecular formula is C19H26N3O3+. The summed E-state index contributed by atoms with van der Waals surface area (Å²) in [6.07, 6.45) is 3.19. The highest BCUT2D eigenvalue weighted by Gasteiger charge is 2.30. The van der Waals surface area contributed by atoms with Crippen molar-refractivity contribution >= 4 is 12.0 Å². The highest BCUT2D eigenvalue weighted by atomic mass is 16.6. The van der Waals surface area contributed by atoms with Crippen molar-refractivity contribution in [2.24, 2.45) is 0 Å². The van der Waals surface area contributed by atoms with Crippen molar-refractivity contribution in [3.05, 3.63) is 59.6 Å². The molecule has 6 heteroatoms. The molecule has 1 aromatic carbocycles. The zero-order valence-electron chi connectivity index (χ0n) is 15.2. The summed E-state index contributed by atoms with van der Waals surface area (Å²) in [5.41, 5.74) is 1.86. The number of carbonyl (C=O) groups is 2. The number of allylic oxidation sites excluding steroid dienone is 2. The lowest BCUT2D eigenvalue weighted by Crippen LogP contribution is -2.76. The fourth-order valence-electron chi connectivity index (χ4n) is 2.42. The summed E-state index contributed by atoms with van der Waals surface area (Å²) in [6, 6.07) is 10.1. The Labute approximate surface area is 148 Å². The lowest BCUT2D eigenvalue weighted by Gasteiger charge is -2.31. The number of benzene rings is 1. The van der Waals surface area contributed by atoms with E-state index in [1.165, 1.54) is 10.5 Å². The van der Waals surface area contributed by atoms with Gasteiger partial charge in [-0.15, -0.1) is 0 Å². The van der Waals surface area contributed by atoms with Gasteiger partial charge in [0.2, 0.25) is 5.91 Å². The molecule has 25 heavy (non-hydrogen) atoms. The first kappa shape index (κ1) is 18.7. The summed E-state index contributed by atoms with van der Waals surface area (Å²) in [6.45, 7) is 7.91. The van der Waals surface area contributed by atoms with E-state index in [1.54, 1.807) is 27.7 Å². The van der Waals surface area contributed by atoms with Crippen LogP contribution in [0.15, 0.2) is 54.0 Å². The zero-order valence-corrected chi connectivity index (χ0v) is 15.2. The van der Waals surface area contributed by atoms with Crippen molar-refractivity contribution in [1.29, 1.82) is 0 Å². The van der Waals surface area contributed by atoms with Crippen LogP contribution in [0.5, 0.6) is 0 Å². The van der Waals surface area contributed by atoms with Crippen molar-refractivity contribution in [2.45, 2.75) is 39.8 Å². The van der Waals surface area contributed by atoms with Crippen molar-refractivity contribution in [3.8, 4) is 0 Å². The summed E-state index contributed by atoms with van der Waals surface area (Å²) >= 11 is 0. The van der Waals surface area contributed by atoms with Crippen LogP contribution in [0.25, 0.3) is 0 Å². The Bertz CT molecular complexity index is 688. The number of amides is 2. The van der Waals surface area contributed by atoms with E-state index >= 15 is 0 Å². The average molecular weight is 344 g/mol. The number of hydrogen-bond donors (Lipinski definition) is 2. The van der Waals surface area contributed by atoms with Gasteiger partial charge in [-0.25, -0.2) is 4.79 Å². The minimum absolute atomic E-state index is 0.0510. The second-order valence-electron chi connectivity index (χ2n) is 6.91. The van der Waals surface area contributed by atoms with E-state index in [0.717, 1.165) is 6.54 Å². The topological polar surface area (TPSA) is 75.2 Å². The molecule has 0 fully saturated rings. The number of rotatable bonds is 4. The van der Waals surface area contributed by atoms with Gasteiger partial charge in [0.25, 0.3) is 0 Å². The van der Waals surface area contributed by atoms with Gasteiger partial charge in [0, 0.05) is 17.3 Å². The second-order valence-corrected chi connectivity index (χ2v) is 6.91. The van der Waals surface area contributed by atoms with Crippen molar-refractivity contribution < 1.29 is 19.6 Å². The van der Waals surface area contributed by atoms with Crippen LogP contribution in [0.4, 0.5) is 4.79 Å². The smallest absolute Gasteiger partial charge is 0.415 e. The van der Waals surface area contributed by atoms with E-state index in [2.05, 4.69) is 17.4 Å². The maximum Gasteiger partial charge on any atom is 0.415 e. The summed E-state index contributed by atoms with van der Waals surface area (Å²) in [4.78, 5) is 25.6. The van der Waals surface area contributed by atoms with E-state index < -0.39 is 11.7 Å². The van der Waals surface area contributed by atoms with Gasteiger partial charge in [0.1, 0.15) is 18.7 Å². The van der Waals surface area contributed by atoms with Crippen LogP contribution < -0.4 is 10.6 Å². The van der Waals surface area contributed by atoms with E-state index in [0.29, 0.717) is 11.4 Å². The number of nitrogens with zero attached hydrogens (tertiary/aromatic N) is 1. The van der Waals surface area contributed by atoms with Gasteiger partial charge in [0.15, 0.2) is 0 Å². The Kier molecular flexibility index (Phi) is 5.98. The summed E-state index contributed by atoms with van der Waals surface area (Å²) in [5.74, 6) is -0.228. The van der Waals surface area contributed by atoms with E-state index in [9.17, 15) is 9.59 Å². The number of quaternary nitrogens is 1. The maximum atomic E-state index is 12.4. The number of carbonyl (C=O) groups excluding carboxylic acids is 2. The Morgan fingerprint density at radius 1 is 1.32 bits per heavy atom. The van der Waals surface area contributed by atoms with Crippen LogP contribution in [-0.4, -0.2) is 29.0 Å². The molecule has 1 aliphatic rings. The fourth-order valence-corrected chi connectivity index (χ4v) is 2.42. The second kappa shape index (κ2) is 7.98. The van der Waals surface area contributed by atoms with Crippen LogP contribution in [0.1, 0.15) is 33.3 Å². The summed E-state index contributed by atoms with van der Waals surface area (Å²) in [7, 11) is 0. The van der Waals surface area contributed by atoms with Gasteiger partial charge >= 0.3 is 6.09 Å². The molecule has 0 unspecified atom stereocenters. The van der Waals surface area contributed by atoms with E-state index in [1.807, 2.05) is 35.8 Å². The largest absolute Gasteiger partial charge is 0.443 e. The summed E-state index contributed by atoms with van der Waals surface area (Å²) in [5, 5.41) is 4.77. The molecule has 2 amide bonds. The van der Waals surface area contributed by atoms with Crippen molar-refractivity contribution in [1.82, 2.24) is 10.2 Å². The quantitative estimate of drug-likeness (QED) is 0.875. The number of ether oxygens (including phenoxy) is 1. The predicted octanol–water partition coefficient (Wildman–Crippen LogP) is 1.86. The van der Waals surface area contributed by atoms with Gasteiger partial charge in [-0.3, -0.25) is 9.69 Å². The lowest BCUT2D eigenvalue weighted by atomic mass is 10.2. The SMILES string of the molecule is CC1=C(/C=C\[NH2+]Cc2ccccc2)N(C(=O)OC(C)(C)C)CC(=O)N1. The van der Waals surface area contributed by atoms with Gasteiger partial charge < -0.3 is 15.4 Å². The van der Waals surface area contributed by atoms with Gasteiger partial charge in [-0.1, -0.05) is 30.3 Å². The Morgan fingerprint density at radius 2 is 2.00 bits per heavy atom. The maximum absolute atomic E-state index is 12.4. The first-order chi connectivity index (χ1) is 11.8. The van der Waals surface area contributed by atoms with Gasteiger partial charge in [-0.05, 0) is 27.7 Å². The molecule has 1 aromatic rings. The predicted molar refractivity (Wildman–Crippen MR) is 95.0 cm³/mol. The van der Waals surface area contributed by atoms with Gasteiger partial charge in [0.05, 0.1) is 11.9 Å². The van der Waals surface area contributed by atoms with Crippen LogP contribution in [0.3, 0.4) is 0 Å². The van der Waals surface area contributed by atoms with Crippen LogP contribution >= 0.6 is 0 Å². The van der Waals surface area contributed by atoms with Crippen molar-refractivity contribution in [2.75, 3.05) is 6.54 Å². The molecule has 0 bridgehead atoms. The molecule has 2 rings (SSSR count). The molecule has 0 saturated heterocycles. The lowest BCUT2D eigenvalue weighted by molar-refractivity contribution is -0.604. The van der Waals surface area contributed by atoms with Crippen LogP contribution in [0.2, 0.25) is 0 Å². The third-order valence-electron chi connectivity index (χ3n) is 3.50. The fraction of sp³-hybridized carbons (Fsp3) is 0.368. The molecule has 6 nitrogen and oxygen atoms in total. The first-order valence-electron chi connectivity index (χ1n) is 8.31. The number of nitrogens with two attached hydrogens (primary N) is 1. The molecule has 0 spiro atoms. The first-order valence-corrected chi connectivity index (χ1v) is 8.31. The third-order valence-corrected chi connectivity index (χ3v) is 3.50. The Morgan fingerprint density at radius 3 is 2.64 bits per heavy atom. The highest BCUT2D eigenvalue weighted by Crippen LogP contribution is 2.18. The minimum atomic E-state index is -0.618. The molecular weight excluding hydrogens is 318 g/mol. The molecule has 0 aliphatic carbocycles. The third kappa shape index (κ3) is 5.76. The molecule has 3 N–H and O–H groups in total. The Hall–Kier alpha value is -2.60. The molecule has 0 saturated carbocycles. The van der Waals surface area contributed by atoms with Crippen LogP contribution in [0, 0.1) is 0 Å². The monoisotopic (exact) mass is 344 g/mol. The molecule has 0 radical (unpaired) electrons. The van der Waals surface area contributed by atoms with Crippen LogP contribution in [-0.2, 0) is 16.1 Å².